The summed E-state index contributed by atoms with van der Waals surface area (Å²) in [5, 5.41) is 8.94. The molecule has 2 aliphatic rings. The van der Waals surface area contributed by atoms with Gasteiger partial charge in [-0.2, -0.15) is 11.8 Å². The van der Waals surface area contributed by atoms with Crippen LogP contribution in [0.25, 0.3) is 0 Å². The highest BCUT2D eigenvalue weighted by atomic mass is 32.2. The van der Waals surface area contributed by atoms with E-state index in [-0.39, 0.29) is 18.4 Å². The number of carbonyl (C=O) groups excluding carboxylic acids is 1. The molecule has 0 bridgehead atoms. The number of thioether (sulfide) groups is 1. The zero-order valence-corrected chi connectivity index (χ0v) is 12.6. The van der Waals surface area contributed by atoms with Crippen molar-refractivity contribution in [2.75, 3.05) is 31.3 Å². The van der Waals surface area contributed by atoms with Crippen LogP contribution in [0.1, 0.15) is 32.1 Å². The van der Waals surface area contributed by atoms with Crippen LogP contribution in [0.2, 0.25) is 0 Å². The van der Waals surface area contributed by atoms with Gasteiger partial charge in [-0.1, -0.05) is 0 Å². The quantitative estimate of drug-likeness (QED) is 0.835. The monoisotopic (exact) mass is 301 g/mol. The van der Waals surface area contributed by atoms with Crippen LogP contribution in [0.3, 0.4) is 0 Å². The second kappa shape index (κ2) is 7.88. The van der Waals surface area contributed by atoms with E-state index in [1.807, 2.05) is 0 Å². The predicted molar refractivity (Wildman–Crippen MR) is 77.9 cm³/mol. The predicted octanol–water partition coefficient (Wildman–Crippen LogP) is 1.61. The minimum atomic E-state index is -0.820. The molecule has 1 N–H and O–H groups in total. The van der Waals surface area contributed by atoms with Gasteiger partial charge < -0.3 is 14.7 Å². The number of carboxylic acid groups (broad SMARTS) is 1. The van der Waals surface area contributed by atoms with E-state index in [1.54, 1.807) is 16.7 Å². The molecule has 2 rings (SSSR count). The third kappa shape index (κ3) is 4.66. The standard InChI is InChI=1S/C14H23NO4S/c16-13(2-1-11-3-6-19-7-4-11)15-5-8-20-10-12(15)9-14(17)18/h11-12H,1-10H2,(H,17,18). The number of amides is 1. The van der Waals surface area contributed by atoms with Gasteiger partial charge in [-0.15, -0.1) is 0 Å². The first-order valence-electron chi connectivity index (χ1n) is 7.33. The Hall–Kier alpha value is -0.750. The van der Waals surface area contributed by atoms with Crippen molar-refractivity contribution in [3.05, 3.63) is 0 Å². The number of ether oxygens (including phenoxy) is 1. The molecule has 0 aromatic rings. The third-order valence-corrected chi connectivity index (χ3v) is 5.16. The fourth-order valence-electron chi connectivity index (χ4n) is 2.86. The van der Waals surface area contributed by atoms with Crippen LogP contribution in [0, 0.1) is 5.92 Å². The van der Waals surface area contributed by atoms with Gasteiger partial charge in [-0.3, -0.25) is 9.59 Å². The Kier molecular flexibility index (Phi) is 6.16. The third-order valence-electron chi connectivity index (χ3n) is 4.07. The average molecular weight is 301 g/mol. The molecule has 2 heterocycles. The lowest BCUT2D eigenvalue weighted by Gasteiger charge is -2.35. The Morgan fingerprint density at radius 2 is 2.05 bits per heavy atom. The van der Waals surface area contributed by atoms with Gasteiger partial charge in [0.25, 0.3) is 0 Å². The first-order valence-corrected chi connectivity index (χ1v) is 8.49. The van der Waals surface area contributed by atoms with Crippen LogP contribution in [-0.2, 0) is 14.3 Å². The van der Waals surface area contributed by atoms with Crippen molar-refractivity contribution in [1.29, 1.82) is 0 Å². The van der Waals surface area contributed by atoms with E-state index in [9.17, 15) is 9.59 Å². The lowest BCUT2D eigenvalue weighted by Crippen LogP contribution is -2.47. The smallest absolute Gasteiger partial charge is 0.305 e. The number of carbonyl (C=O) groups is 2. The molecule has 0 aliphatic carbocycles. The van der Waals surface area contributed by atoms with Gasteiger partial charge in [0.1, 0.15) is 0 Å². The normalized spacial score (nSPS) is 24.6. The maximum atomic E-state index is 12.3. The molecule has 1 unspecified atom stereocenters. The van der Waals surface area contributed by atoms with Crippen LogP contribution >= 0.6 is 11.8 Å². The van der Waals surface area contributed by atoms with Crippen LogP contribution in [-0.4, -0.2) is 59.2 Å². The molecule has 2 saturated heterocycles. The number of hydrogen-bond acceptors (Lipinski definition) is 4. The van der Waals surface area contributed by atoms with E-state index in [1.165, 1.54) is 0 Å². The molecular formula is C14H23NO4S. The molecule has 2 fully saturated rings. The first kappa shape index (κ1) is 15.6. The molecule has 114 valence electrons. The summed E-state index contributed by atoms with van der Waals surface area (Å²) in [4.78, 5) is 25.0. The Balaban J connectivity index is 1.80. The number of rotatable bonds is 5. The summed E-state index contributed by atoms with van der Waals surface area (Å²) in [5.41, 5.74) is 0. The summed E-state index contributed by atoms with van der Waals surface area (Å²) in [6.45, 7) is 2.30. The summed E-state index contributed by atoms with van der Waals surface area (Å²) in [6.07, 6.45) is 3.61. The number of carboxylic acids is 1. The highest BCUT2D eigenvalue weighted by Crippen LogP contribution is 2.23. The van der Waals surface area contributed by atoms with Crippen molar-refractivity contribution < 1.29 is 19.4 Å². The molecule has 0 aromatic heterocycles. The molecule has 1 atom stereocenters. The first-order chi connectivity index (χ1) is 9.66. The van der Waals surface area contributed by atoms with E-state index in [2.05, 4.69) is 0 Å². The van der Waals surface area contributed by atoms with Crippen LogP contribution < -0.4 is 0 Å². The Labute approximate surface area is 124 Å². The highest BCUT2D eigenvalue weighted by Gasteiger charge is 2.29. The summed E-state index contributed by atoms with van der Waals surface area (Å²) in [6, 6.07) is -0.131. The van der Waals surface area contributed by atoms with Gasteiger partial charge >= 0.3 is 5.97 Å². The number of aliphatic carboxylic acids is 1. The fraction of sp³-hybridized carbons (Fsp3) is 0.857. The molecule has 0 spiro atoms. The van der Waals surface area contributed by atoms with Crippen molar-refractivity contribution in [3.63, 3.8) is 0 Å². The summed E-state index contributed by atoms with van der Waals surface area (Å²) < 4.78 is 5.32. The highest BCUT2D eigenvalue weighted by molar-refractivity contribution is 7.99. The minimum absolute atomic E-state index is 0.0655. The maximum absolute atomic E-state index is 12.3. The van der Waals surface area contributed by atoms with Gasteiger partial charge in [0.2, 0.25) is 5.91 Å². The van der Waals surface area contributed by atoms with E-state index in [0.717, 1.165) is 44.0 Å². The van der Waals surface area contributed by atoms with Crippen molar-refractivity contribution in [1.82, 2.24) is 4.90 Å². The molecule has 20 heavy (non-hydrogen) atoms. The van der Waals surface area contributed by atoms with Crippen LogP contribution in [0.15, 0.2) is 0 Å². The fourth-order valence-corrected chi connectivity index (χ4v) is 3.92. The Morgan fingerprint density at radius 3 is 2.75 bits per heavy atom. The van der Waals surface area contributed by atoms with Crippen LogP contribution in [0.4, 0.5) is 0 Å². The summed E-state index contributed by atoms with van der Waals surface area (Å²) in [5.74, 6) is 1.56. The van der Waals surface area contributed by atoms with E-state index < -0.39 is 5.97 Å². The molecular weight excluding hydrogens is 278 g/mol. The Morgan fingerprint density at radius 1 is 1.30 bits per heavy atom. The minimum Gasteiger partial charge on any atom is -0.481 e. The van der Waals surface area contributed by atoms with Crippen molar-refractivity contribution in [3.8, 4) is 0 Å². The van der Waals surface area contributed by atoms with E-state index in [0.29, 0.717) is 18.9 Å². The molecule has 0 aromatic carbocycles. The van der Waals surface area contributed by atoms with E-state index >= 15 is 0 Å². The molecule has 2 aliphatic heterocycles. The topological polar surface area (TPSA) is 66.8 Å². The van der Waals surface area contributed by atoms with Crippen molar-refractivity contribution in [2.24, 2.45) is 5.92 Å². The lowest BCUT2D eigenvalue weighted by molar-refractivity contribution is -0.140. The molecule has 1 amide bonds. The second-order valence-corrected chi connectivity index (χ2v) is 6.66. The Bertz CT molecular complexity index is 344. The van der Waals surface area contributed by atoms with Crippen molar-refractivity contribution in [2.45, 2.75) is 38.1 Å². The lowest BCUT2D eigenvalue weighted by atomic mass is 9.94. The van der Waals surface area contributed by atoms with E-state index in [4.69, 9.17) is 9.84 Å². The molecule has 0 saturated carbocycles. The largest absolute Gasteiger partial charge is 0.481 e. The van der Waals surface area contributed by atoms with Gasteiger partial charge in [-0.25, -0.2) is 0 Å². The molecule has 5 nitrogen and oxygen atoms in total. The molecule has 6 heteroatoms. The zero-order chi connectivity index (χ0) is 14.4. The van der Waals surface area contributed by atoms with Gasteiger partial charge in [0.15, 0.2) is 0 Å². The van der Waals surface area contributed by atoms with Crippen LogP contribution in [0.5, 0.6) is 0 Å². The maximum Gasteiger partial charge on any atom is 0.305 e. The average Bonchev–Trinajstić information content (AvgIpc) is 2.46. The van der Waals surface area contributed by atoms with Gasteiger partial charge in [0.05, 0.1) is 12.5 Å². The number of hydrogen-bond donors (Lipinski definition) is 1. The summed E-state index contributed by atoms with van der Waals surface area (Å²) >= 11 is 1.74. The second-order valence-electron chi connectivity index (χ2n) is 5.51. The SMILES string of the molecule is O=C(O)CC1CSCCN1C(=O)CCC1CCOCC1. The van der Waals surface area contributed by atoms with Gasteiger partial charge in [-0.05, 0) is 25.2 Å². The summed E-state index contributed by atoms with van der Waals surface area (Å²) in [7, 11) is 0. The van der Waals surface area contributed by atoms with Crippen molar-refractivity contribution >= 4 is 23.6 Å². The van der Waals surface area contributed by atoms with Gasteiger partial charge in [0, 0.05) is 37.7 Å². The number of nitrogens with zero attached hydrogens (tertiary/aromatic N) is 1. The zero-order valence-electron chi connectivity index (χ0n) is 11.8. The molecule has 0 radical (unpaired) electrons.